The fourth-order valence-electron chi connectivity index (χ4n) is 1.49. The third-order valence-corrected chi connectivity index (χ3v) is 5.36. The number of aromatic amines is 1. The summed E-state index contributed by atoms with van der Waals surface area (Å²) < 4.78 is 27.0. The van der Waals surface area contributed by atoms with Crippen LogP contribution in [-0.4, -0.2) is 27.3 Å². The second-order valence-corrected chi connectivity index (χ2v) is 8.35. The molecule has 6 nitrogen and oxygen atoms in total. The molecule has 0 saturated heterocycles. The maximum absolute atomic E-state index is 12.1. The quantitative estimate of drug-likeness (QED) is 0.506. The van der Waals surface area contributed by atoms with Crippen molar-refractivity contribution in [2.75, 3.05) is 0 Å². The van der Waals surface area contributed by atoms with Crippen LogP contribution in [0.15, 0.2) is 54.2 Å². The third-order valence-electron chi connectivity index (χ3n) is 2.59. The zero-order valence-electron chi connectivity index (χ0n) is 11.4. The average molecular weight is 542 g/mol. The molecule has 9 heteroatoms. The number of nitrogens with zero attached hydrogens (tertiary/aromatic N) is 3. The lowest BCUT2D eigenvalue weighted by molar-refractivity contribution is 0.587. The van der Waals surface area contributed by atoms with Gasteiger partial charge < -0.3 is 4.98 Å². The Balaban J connectivity index is 0.000000246. The third kappa shape index (κ3) is 4.52. The number of hydrogen-bond acceptors (Lipinski definition) is 4. The fourth-order valence-corrected chi connectivity index (χ4v) is 3.53. The highest BCUT2D eigenvalue weighted by molar-refractivity contribution is 14.1. The smallest absolute Gasteiger partial charge is 0.268 e. The van der Waals surface area contributed by atoms with Gasteiger partial charge in [-0.25, -0.2) is 22.4 Å². The van der Waals surface area contributed by atoms with Gasteiger partial charge >= 0.3 is 0 Å². The van der Waals surface area contributed by atoms with Gasteiger partial charge in [0.05, 0.1) is 27.3 Å². The maximum Gasteiger partial charge on any atom is 0.268 e. The Bertz CT molecular complexity index is 827. The Labute approximate surface area is 155 Å². The standard InChI is InChI=1S/C10H9IN2O2S.C3H3IN2/c1-8-2-4-9(5-3-8)16(14,15)13-6-10(11)12-7-13;4-3-1-5-2-6-3/h2-7H,1H3;1-2H,(H,5,6). The summed E-state index contributed by atoms with van der Waals surface area (Å²) in [5, 5.41) is 0. The molecule has 2 heterocycles. The predicted molar refractivity (Wildman–Crippen MR) is 100 cm³/mol. The van der Waals surface area contributed by atoms with Crippen molar-refractivity contribution in [2.24, 2.45) is 0 Å². The van der Waals surface area contributed by atoms with E-state index in [1.54, 1.807) is 36.8 Å². The van der Waals surface area contributed by atoms with Crippen molar-refractivity contribution in [1.29, 1.82) is 0 Å². The lowest BCUT2D eigenvalue weighted by Crippen LogP contribution is -2.10. The van der Waals surface area contributed by atoms with Gasteiger partial charge in [0.25, 0.3) is 10.0 Å². The van der Waals surface area contributed by atoms with E-state index >= 15 is 0 Å². The summed E-state index contributed by atoms with van der Waals surface area (Å²) in [6.07, 6.45) is 6.20. The van der Waals surface area contributed by atoms with Gasteiger partial charge in [-0.1, -0.05) is 17.7 Å². The lowest BCUT2D eigenvalue weighted by Gasteiger charge is -2.04. The Kier molecular flexibility index (Phi) is 5.97. The Morgan fingerprint density at radius 2 is 1.86 bits per heavy atom. The van der Waals surface area contributed by atoms with Crippen LogP contribution < -0.4 is 0 Å². The van der Waals surface area contributed by atoms with Crippen LogP contribution >= 0.6 is 45.2 Å². The summed E-state index contributed by atoms with van der Waals surface area (Å²) in [6.45, 7) is 1.91. The minimum absolute atomic E-state index is 0.270. The van der Waals surface area contributed by atoms with E-state index in [0.29, 0.717) is 3.70 Å². The van der Waals surface area contributed by atoms with Gasteiger partial charge in [0.1, 0.15) is 10.0 Å². The molecule has 1 N–H and O–H groups in total. The van der Waals surface area contributed by atoms with Crippen LogP contribution in [0.4, 0.5) is 0 Å². The summed E-state index contributed by atoms with van der Waals surface area (Å²) >= 11 is 4.13. The Morgan fingerprint density at radius 3 is 2.27 bits per heavy atom. The molecule has 2 aromatic heterocycles. The van der Waals surface area contributed by atoms with E-state index in [9.17, 15) is 8.42 Å². The second-order valence-electron chi connectivity index (χ2n) is 4.24. The van der Waals surface area contributed by atoms with E-state index in [-0.39, 0.29) is 4.90 Å². The number of H-pyrrole nitrogens is 1. The molecule has 0 atom stereocenters. The summed E-state index contributed by atoms with van der Waals surface area (Å²) in [6, 6.07) is 6.73. The fraction of sp³-hybridized carbons (Fsp3) is 0.0769. The van der Waals surface area contributed by atoms with Crippen LogP contribution in [0, 0.1) is 14.3 Å². The minimum Gasteiger partial charge on any atom is -0.340 e. The first-order valence-corrected chi connectivity index (χ1v) is 9.65. The first-order valence-electron chi connectivity index (χ1n) is 6.05. The van der Waals surface area contributed by atoms with E-state index in [0.717, 1.165) is 13.2 Å². The topological polar surface area (TPSA) is 80.6 Å². The normalized spacial score (nSPS) is 10.9. The molecule has 0 bridgehead atoms. The summed E-state index contributed by atoms with van der Waals surface area (Å²) in [5.41, 5.74) is 1.03. The molecule has 116 valence electrons. The molecule has 0 aliphatic rings. The molecule has 0 fully saturated rings. The molecule has 0 spiro atoms. The van der Waals surface area contributed by atoms with E-state index in [2.05, 4.69) is 37.5 Å². The summed E-state index contributed by atoms with van der Waals surface area (Å²) in [4.78, 5) is 10.8. The highest BCUT2D eigenvalue weighted by Gasteiger charge is 2.16. The van der Waals surface area contributed by atoms with Crippen molar-refractivity contribution in [3.63, 3.8) is 0 Å². The molecule has 0 aliphatic carbocycles. The van der Waals surface area contributed by atoms with Gasteiger partial charge in [0.15, 0.2) is 0 Å². The van der Waals surface area contributed by atoms with Crippen LogP contribution in [0.25, 0.3) is 0 Å². The van der Waals surface area contributed by atoms with Gasteiger partial charge in [-0.05, 0) is 64.2 Å². The van der Waals surface area contributed by atoms with Gasteiger partial charge in [-0.15, -0.1) is 0 Å². The van der Waals surface area contributed by atoms with Gasteiger partial charge in [-0.3, -0.25) is 0 Å². The zero-order valence-corrected chi connectivity index (χ0v) is 16.6. The van der Waals surface area contributed by atoms with Crippen LogP contribution in [0.1, 0.15) is 5.56 Å². The Morgan fingerprint density at radius 1 is 1.18 bits per heavy atom. The molecule has 0 saturated carbocycles. The molecule has 0 radical (unpaired) electrons. The van der Waals surface area contributed by atoms with E-state index < -0.39 is 10.0 Å². The van der Waals surface area contributed by atoms with Crippen molar-refractivity contribution in [3.05, 3.63) is 62.3 Å². The largest absolute Gasteiger partial charge is 0.340 e. The monoisotopic (exact) mass is 542 g/mol. The Hall–Kier alpha value is -0.950. The minimum atomic E-state index is -3.49. The molecule has 3 aromatic rings. The van der Waals surface area contributed by atoms with Gasteiger partial charge in [-0.2, -0.15) is 0 Å². The zero-order chi connectivity index (χ0) is 16.2. The van der Waals surface area contributed by atoms with Crippen molar-refractivity contribution < 1.29 is 8.42 Å². The number of aryl methyl sites for hydroxylation is 1. The highest BCUT2D eigenvalue weighted by atomic mass is 127. The number of nitrogens with one attached hydrogen (secondary N) is 1. The van der Waals surface area contributed by atoms with Crippen LogP contribution in [0.2, 0.25) is 0 Å². The van der Waals surface area contributed by atoms with E-state index in [4.69, 9.17) is 0 Å². The van der Waals surface area contributed by atoms with Gasteiger partial charge in [0, 0.05) is 0 Å². The average Bonchev–Trinajstić information content (AvgIpc) is 3.11. The molecule has 1 aromatic carbocycles. The number of rotatable bonds is 2. The summed E-state index contributed by atoms with van der Waals surface area (Å²) in [7, 11) is -3.49. The van der Waals surface area contributed by atoms with Gasteiger partial charge in [0.2, 0.25) is 0 Å². The maximum atomic E-state index is 12.1. The predicted octanol–water partition coefficient (Wildman–Crippen LogP) is 3.05. The second kappa shape index (κ2) is 7.55. The highest BCUT2D eigenvalue weighted by Crippen LogP contribution is 2.15. The molecule has 0 aliphatic heterocycles. The van der Waals surface area contributed by atoms with Crippen molar-refractivity contribution in [2.45, 2.75) is 11.8 Å². The molecular formula is C13H12I2N4O2S. The lowest BCUT2D eigenvalue weighted by atomic mass is 10.2. The van der Waals surface area contributed by atoms with Crippen molar-refractivity contribution in [3.8, 4) is 0 Å². The number of imidazole rings is 2. The van der Waals surface area contributed by atoms with Crippen molar-refractivity contribution in [1.82, 2.24) is 18.9 Å². The number of benzene rings is 1. The first-order chi connectivity index (χ1) is 10.4. The molecule has 3 rings (SSSR count). The number of halogens is 2. The first kappa shape index (κ1) is 17.4. The molecule has 0 amide bonds. The molecule has 22 heavy (non-hydrogen) atoms. The van der Waals surface area contributed by atoms with E-state index in [1.165, 1.54) is 12.5 Å². The SMILES string of the molecule is Cc1ccc(S(=O)(=O)n2cnc(I)c2)cc1.Ic1cnc[nH]1. The molecule has 0 unspecified atom stereocenters. The summed E-state index contributed by atoms with van der Waals surface area (Å²) in [5.74, 6) is 0. The van der Waals surface area contributed by atoms with Crippen molar-refractivity contribution >= 4 is 55.2 Å². The van der Waals surface area contributed by atoms with Crippen LogP contribution in [-0.2, 0) is 10.0 Å². The molecular weight excluding hydrogens is 530 g/mol. The van der Waals surface area contributed by atoms with Crippen LogP contribution in [0.5, 0.6) is 0 Å². The number of hydrogen-bond donors (Lipinski definition) is 1. The van der Waals surface area contributed by atoms with E-state index in [1.807, 2.05) is 29.5 Å². The van der Waals surface area contributed by atoms with Crippen LogP contribution in [0.3, 0.4) is 0 Å². The number of aromatic nitrogens is 4.